The Labute approximate surface area is 143 Å². The van der Waals surface area contributed by atoms with E-state index in [1.165, 1.54) is 32.1 Å². The van der Waals surface area contributed by atoms with Crippen LogP contribution in [-0.2, 0) is 19.5 Å². The van der Waals surface area contributed by atoms with Gasteiger partial charge < -0.3 is 10.6 Å². The summed E-state index contributed by atoms with van der Waals surface area (Å²) >= 11 is 0. The van der Waals surface area contributed by atoms with E-state index in [-0.39, 0.29) is 5.69 Å². The minimum Gasteiger partial charge on any atom is -0.356 e. The second-order valence-electron chi connectivity index (χ2n) is 6.86. The van der Waals surface area contributed by atoms with Gasteiger partial charge in [0.05, 0.1) is 0 Å². The molecule has 7 nitrogen and oxygen atoms in total. The zero-order valence-electron chi connectivity index (χ0n) is 14.8. The Morgan fingerprint density at radius 1 is 1.25 bits per heavy atom. The van der Waals surface area contributed by atoms with Gasteiger partial charge in [0.1, 0.15) is 5.82 Å². The molecule has 3 rings (SSSR count). The van der Waals surface area contributed by atoms with Crippen LogP contribution in [0.4, 0.5) is 0 Å². The van der Waals surface area contributed by atoms with Crippen LogP contribution < -0.4 is 16.3 Å². The Hall–Kier alpha value is -1.79. The molecule has 1 saturated carbocycles. The summed E-state index contributed by atoms with van der Waals surface area (Å²) < 4.78 is 3.46. The van der Waals surface area contributed by atoms with Gasteiger partial charge in [-0.1, -0.05) is 19.3 Å². The molecule has 1 aromatic rings. The predicted molar refractivity (Wildman–Crippen MR) is 95.4 cm³/mol. The van der Waals surface area contributed by atoms with Gasteiger partial charge in [-0.25, -0.2) is 9.48 Å². The number of aryl methyl sites for hydroxylation is 2. The molecule has 1 aromatic heterocycles. The van der Waals surface area contributed by atoms with Crippen LogP contribution in [0.3, 0.4) is 0 Å². The average Bonchev–Trinajstić information content (AvgIpc) is 2.95. The van der Waals surface area contributed by atoms with E-state index in [1.54, 1.807) is 4.68 Å². The number of hydrogen-bond acceptors (Lipinski definition) is 3. The summed E-state index contributed by atoms with van der Waals surface area (Å²) in [6, 6.07) is 0.549. The standard InChI is InChI=1S/C17H30N6O/c1-18-16(20-14-8-3-2-4-9-14)19-11-7-13-23-17(24)22-12-6-5-10-15(22)21-23/h14H,2-13H2,1H3,(H2,18,19,20). The van der Waals surface area contributed by atoms with Crippen molar-refractivity contribution in [1.29, 1.82) is 0 Å². The van der Waals surface area contributed by atoms with Crippen LogP contribution in [0.1, 0.15) is 57.2 Å². The first-order valence-electron chi connectivity index (χ1n) is 9.41. The van der Waals surface area contributed by atoms with E-state index in [0.717, 1.165) is 50.6 Å². The first-order valence-corrected chi connectivity index (χ1v) is 9.41. The average molecular weight is 334 g/mol. The van der Waals surface area contributed by atoms with Gasteiger partial charge >= 0.3 is 5.69 Å². The van der Waals surface area contributed by atoms with Crippen LogP contribution in [-0.4, -0.2) is 39.9 Å². The summed E-state index contributed by atoms with van der Waals surface area (Å²) in [7, 11) is 1.81. The molecule has 2 N–H and O–H groups in total. The largest absolute Gasteiger partial charge is 0.356 e. The minimum absolute atomic E-state index is 0.0504. The second kappa shape index (κ2) is 8.35. The predicted octanol–water partition coefficient (Wildman–Crippen LogP) is 1.27. The van der Waals surface area contributed by atoms with Gasteiger partial charge in [0.15, 0.2) is 5.96 Å². The van der Waals surface area contributed by atoms with E-state index in [2.05, 4.69) is 20.7 Å². The van der Waals surface area contributed by atoms with Gasteiger partial charge in [-0.2, -0.15) is 5.10 Å². The number of hydrogen-bond donors (Lipinski definition) is 2. The van der Waals surface area contributed by atoms with Crippen molar-refractivity contribution in [2.75, 3.05) is 13.6 Å². The fourth-order valence-corrected chi connectivity index (χ4v) is 3.66. The summed E-state index contributed by atoms with van der Waals surface area (Å²) in [4.78, 5) is 16.6. The van der Waals surface area contributed by atoms with Crippen molar-refractivity contribution in [3.63, 3.8) is 0 Å². The van der Waals surface area contributed by atoms with Crippen molar-refractivity contribution >= 4 is 5.96 Å². The minimum atomic E-state index is 0.0504. The third-order valence-corrected chi connectivity index (χ3v) is 5.04. The Morgan fingerprint density at radius 2 is 2.08 bits per heavy atom. The number of nitrogens with zero attached hydrogens (tertiary/aromatic N) is 4. The molecule has 134 valence electrons. The van der Waals surface area contributed by atoms with Crippen molar-refractivity contribution in [1.82, 2.24) is 25.0 Å². The van der Waals surface area contributed by atoms with Gasteiger partial charge in [-0.3, -0.25) is 9.56 Å². The highest BCUT2D eigenvalue weighted by Gasteiger charge is 2.16. The quantitative estimate of drug-likeness (QED) is 0.483. The molecule has 0 radical (unpaired) electrons. The SMILES string of the molecule is CN=C(NCCCn1nc2n(c1=O)CCCC2)NC1CCCCC1. The van der Waals surface area contributed by atoms with Crippen molar-refractivity contribution < 1.29 is 0 Å². The third-order valence-electron chi connectivity index (χ3n) is 5.04. The van der Waals surface area contributed by atoms with E-state index < -0.39 is 0 Å². The van der Waals surface area contributed by atoms with Gasteiger partial charge in [-0.05, 0) is 32.1 Å². The molecule has 1 aliphatic carbocycles. The lowest BCUT2D eigenvalue weighted by Crippen LogP contribution is -2.44. The second-order valence-corrected chi connectivity index (χ2v) is 6.86. The summed E-state index contributed by atoms with van der Waals surface area (Å²) in [5, 5.41) is 11.3. The molecule has 1 fully saturated rings. The molecule has 2 heterocycles. The van der Waals surface area contributed by atoms with Crippen molar-refractivity contribution in [3.8, 4) is 0 Å². The fourth-order valence-electron chi connectivity index (χ4n) is 3.66. The topological polar surface area (TPSA) is 76.2 Å². The van der Waals surface area contributed by atoms with Crippen LogP contribution in [0.15, 0.2) is 9.79 Å². The van der Waals surface area contributed by atoms with Crippen LogP contribution in [0, 0.1) is 0 Å². The van der Waals surface area contributed by atoms with Crippen LogP contribution >= 0.6 is 0 Å². The molecule has 0 amide bonds. The maximum absolute atomic E-state index is 12.3. The summed E-state index contributed by atoms with van der Waals surface area (Å²) in [6.07, 6.45) is 10.5. The normalized spacial score (nSPS) is 19.1. The lowest BCUT2D eigenvalue weighted by atomic mass is 9.96. The Kier molecular flexibility index (Phi) is 5.93. The zero-order chi connectivity index (χ0) is 16.8. The molecule has 7 heteroatoms. The number of aromatic nitrogens is 3. The summed E-state index contributed by atoms with van der Waals surface area (Å²) in [6.45, 7) is 2.28. The smallest absolute Gasteiger partial charge is 0.345 e. The van der Waals surface area contributed by atoms with E-state index in [9.17, 15) is 4.79 Å². The van der Waals surface area contributed by atoms with E-state index in [4.69, 9.17) is 0 Å². The van der Waals surface area contributed by atoms with Crippen molar-refractivity contribution in [2.24, 2.45) is 4.99 Å². The van der Waals surface area contributed by atoms with Gasteiger partial charge in [0.2, 0.25) is 0 Å². The van der Waals surface area contributed by atoms with Crippen LogP contribution in [0.2, 0.25) is 0 Å². The fraction of sp³-hybridized carbons (Fsp3) is 0.824. The molecule has 0 saturated heterocycles. The number of aliphatic imine (C=N–C) groups is 1. The molecular formula is C17H30N6O. The summed E-state index contributed by atoms with van der Waals surface area (Å²) in [5.74, 6) is 1.83. The first kappa shape index (κ1) is 17.0. The Balaban J connectivity index is 1.43. The van der Waals surface area contributed by atoms with E-state index in [0.29, 0.717) is 12.6 Å². The number of fused-ring (bicyclic) bond motifs is 1. The van der Waals surface area contributed by atoms with Gasteiger partial charge in [0.25, 0.3) is 0 Å². The third kappa shape index (κ3) is 4.19. The number of nitrogens with one attached hydrogen (secondary N) is 2. The Bertz CT molecular complexity index is 611. The molecular weight excluding hydrogens is 304 g/mol. The number of guanidine groups is 1. The molecule has 0 atom stereocenters. The molecule has 0 spiro atoms. The lowest BCUT2D eigenvalue weighted by molar-refractivity contribution is 0.409. The Morgan fingerprint density at radius 3 is 2.83 bits per heavy atom. The van der Waals surface area contributed by atoms with Crippen LogP contribution in [0.25, 0.3) is 0 Å². The summed E-state index contributed by atoms with van der Waals surface area (Å²) in [5.41, 5.74) is 0.0504. The van der Waals surface area contributed by atoms with Gasteiger partial charge in [-0.15, -0.1) is 0 Å². The van der Waals surface area contributed by atoms with Crippen molar-refractivity contribution in [3.05, 3.63) is 16.3 Å². The molecule has 0 unspecified atom stereocenters. The highest BCUT2D eigenvalue weighted by molar-refractivity contribution is 5.79. The molecule has 0 aromatic carbocycles. The molecule has 2 aliphatic rings. The number of rotatable bonds is 5. The van der Waals surface area contributed by atoms with Gasteiger partial charge in [0, 0.05) is 39.1 Å². The monoisotopic (exact) mass is 334 g/mol. The van der Waals surface area contributed by atoms with Crippen LogP contribution in [0.5, 0.6) is 0 Å². The maximum Gasteiger partial charge on any atom is 0.345 e. The van der Waals surface area contributed by atoms with Crippen molar-refractivity contribution in [2.45, 2.75) is 76.9 Å². The highest BCUT2D eigenvalue weighted by Crippen LogP contribution is 2.17. The van der Waals surface area contributed by atoms with E-state index >= 15 is 0 Å². The molecule has 0 bridgehead atoms. The maximum atomic E-state index is 12.3. The molecule has 1 aliphatic heterocycles. The lowest BCUT2D eigenvalue weighted by Gasteiger charge is -2.24. The van der Waals surface area contributed by atoms with E-state index in [1.807, 2.05) is 11.6 Å². The highest BCUT2D eigenvalue weighted by atomic mass is 16.2. The first-order chi connectivity index (χ1) is 11.8. The zero-order valence-corrected chi connectivity index (χ0v) is 14.8. The molecule has 24 heavy (non-hydrogen) atoms.